The maximum absolute atomic E-state index is 5.27. The van der Waals surface area contributed by atoms with E-state index in [1.165, 1.54) is 0 Å². The van der Waals surface area contributed by atoms with Gasteiger partial charge in [-0.05, 0) is 18.1 Å². The summed E-state index contributed by atoms with van der Waals surface area (Å²) in [5.74, 6) is 5.65. The Hall–Kier alpha value is -1.86. The van der Waals surface area contributed by atoms with E-state index in [2.05, 4.69) is 21.9 Å². The Bertz CT molecular complexity index is 475. The van der Waals surface area contributed by atoms with Gasteiger partial charge < -0.3 is 5.73 Å². The van der Waals surface area contributed by atoms with Crippen LogP contribution in [0.2, 0.25) is 0 Å². The second-order valence-electron chi connectivity index (χ2n) is 2.44. The van der Waals surface area contributed by atoms with Crippen LogP contribution in [0.3, 0.4) is 0 Å². The summed E-state index contributed by atoms with van der Waals surface area (Å²) in [4.78, 5) is 4.13. The molecule has 0 bridgehead atoms. The Balaban J connectivity index is 2.58. The fraction of sp³-hybridized carbons (Fsp3) is 0.111. The molecule has 0 amide bonds. The molecule has 4 heteroatoms. The fourth-order valence-electron chi connectivity index (χ4n) is 1.06. The third kappa shape index (κ3) is 1.37. The zero-order chi connectivity index (χ0) is 9.10. The van der Waals surface area contributed by atoms with E-state index in [9.17, 15) is 0 Å². The van der Waals surface area contributed by atoms with Gasteiger partial charge in [-0.3, -0.25) is 0 Å². The maximum Gasteiger partial charge on any atom is 0.154 e. The quantitative estimate of drug-likeness (QED) is 0.571. The van der Waals surface area contributed by atoms with Crippen molar-refractivity contribution in [2.75, 3.05) is 6.54 Å². The van der Waals surface area contributed by atoms with Gasteiger partial charge in [-0.2, -0.15) is 5.10 Å². The number of imidazole rings is 1. The van der Waals surface area contributed by atoms with E-state index in [1.807, 2.05) is 12.1 Å². The van der Waals surface area contributed by atoms with E-state index in [1.54, 1.807) is 16.9 Å². The Morgan fingerprint density at radius 3 is 3.31 bits per heavy atom. The van der Waals surface area contributed by atoms with Gasteiger partial charge in [-0.1, -0.05) is 5.92 Å². The number of fused-ring (bicyclic) bond motifs is 1. The molecule has 2 N–H and O–H groups in total. The highest BCUT2D eigenvalue weighted by Crippen LogP contribution is 2.01. The molecular weight excluding hydrogens is 164 g/mol. The lowest BCUT2D eigenvalue weighted by Crippen LogP contribution is -1.95. The Kier molecular flexibility index (Phi) is 1.94. The Labute approximate surface area is 75.4 Å². The van der Waals surface area contributed by atoms with Crippen molar-refractivity contribution in [3.8, 4) is 11.8 Å². The molecule has 0 saturated heterocycles. The van der Waals surface area contributed by atoms with Crippen LogP contribution in [-0.4, -0.2) is 21.1 Å². The lowest BCUT2D eigenvalue weighted by molar-refractivity contribution is 0.923. The summed E-state index contributed by atoms with van der Waals surface area (Å²) >= 11 is 0. The molecule has 0 unspecified atom stereocenters. The van der Waals surface area contributed by atoms with Crippen LogP contribution in [0.25, 0.3) is 5.65 Å². The summed E-state index contributed by atoms with van der Waals surface area (Å²) < 4.78 is 1.68. The highest BCUT2D eigenvalue weighted by atomic mass is 15.2. The summed E-state index contributed by atoms with van der Waals surface area (Å²) in [6, 6.07) is 3.71. The van der Waals surface area contributed by atoms with Crippen molar-refractivity contribution < 1.29 is 0 Å². The number of hydrogen-bond acceptors (Lipinski definition) is 3. The van der Waals surface area contributed by atoms with Gasteiger partial charge in [0.25, 0.3) is 0 Å². The molecule has 4 nitrogen and oxygen atoms in total. The lowest BCUT2D eigenvalue weighted by atomic mass is 10.4. The smallest absolute Gasteiger partial charge is 0.154 e. The van der Waals surface area contributed by atoms with E-state index < -0.39 is 0 Å². The summed E-state index contributed by atoms with van der Waals surface area (Å²) in [5.41, 5.74) is 6.83. The first-order valence-corrected chi connectivity index (χ1v) is 3.89. The summed E-state index contributed by atoms with van der Waals surface area (Å²) in [7, 11) is 0. The molecule has 64 valence electrons. The summed E-state index contributed by atoms with van der Waals surface area (Å²) in [6.07, 6.45) is 3.38. The second kappa shape index (κ2) is 3.25. The van der Waals surface area contributed by atoms with E-state index in [0.717, 1.165) is 11.3 Å². The standard InChI is InChI=1S/C9H8N4/c10-5-1-3-8-7-11-9-4-2-6-12-13(8)9/h2,4,6-7H,5,10H2. The van der Waals surface area contributed by atoms with E-state index in [4.69, 9.17) is 5.73 Å². The Morgan fingerprint density at radius 1 is 1.54 bits per heavy atom. The minimum absolute atomic E-state index is 0.347. The minimum Gasteiger partial charge on any atom is -0.320 e. The number of nitrogens with two attached hydrogens (primary N) is 1. The molecule has 13 heavy (non-hydrogen) atoms. The van der Waals surface area contributed by atoms with Crippen LogP contribution in [0.4, 0.5) is 0 Å². The van der Waals surface area contributed by atoms with Gasteiger partial charge in [-0.15, -0.1) is 0 Å². The molecule has 0 aliphatic carbocycles. The monoisotopic (exact) mass is 172 g/mol. The van der Waals surface area contributed by atoms with Crippen molar-refractivity contribution in [2.24, 2.45) is 5.73 Å². The first kappa shape index (κ1) is 7.77. The molecule has 2 heterocycles. The largest absolute Gasteiger partial charge is 0.320 e. The molecular formula is C9H8N4. The van der Waals surface area contributed by atoms with Crippen molar-refractivity contribution in [3.63, 3.8) is 0 Å². The molecule has 0 aliphatic rings. The third-order valence-electron chi connectivity index (χ3n) is 1.60. The van der Waals surface area contributed by atoms with E-state index in [0.29, 0.717) is 6.54 Å². The van der Waals surface area contributed by atoms with Crippen LogP contribution >= 0.6 is 0 Å². The van der Waals surface area contributed by atoms with Gasteiger partial charge >= 0.3 is 0 Å². The molecule has 2 rings (SSSR count). The van der Waals surface area contributed by atoms with Gasteiger partial charge in [0.2, 0.25) is 0 Å². The van der Waals surface area contributed by atoms with Gasteiger partial charge in [0.05, 0.1) is 12.7 Å². The van der Waals surface area contributed by atoms with Crippen LogP contribution in [0, 0.1) is 11.8 Å². The molecule has 0 radical (unpaired) electrons. The SMILES string of the molecule is NCC#Cc1cnc2cccnn12. The second-order valence-corrected chi connectivity index (χ2v) is 2.44. The lowest BCUT2D eigenvalue weighted by Gasteiger charge is -1.90. The van der Waals surface area contributed by atoms with Crippen LogP contribution < -0.4 is 5.73 Å². The molecule has 0 saturated carbocycles. The van der Waals surface area contributed by atoms with Gasteiger partial charge in [0, 0.05) is 6.20 Å². The predicted molar refractivity (Wildman–Crippen MR) is 48.9 cm³/mol. The summed E-state index contributed by atoms with van der Waals surface area (Å²) in [6.45, 7) is 0.347. The van der Waals surface area contributed by atoms with Crippen LogP contribution in [-0.2, 0) is 0 Å². The third-order valence-corrected chi connectivity index (χ3v) is 1.60. The number of aromatic nitrogens is 3. The van der Waals surface area contributed by atoms with Crippen LogP contribution in [0.15, 0.2) is 24.5 Å². The average Bonchev–Trinajstić information content (AvgIpc) is 2.58. The zero-order valence-electron chi connectivity index (χ0n) is 6.94. The highest BCUT2D eigenvalue weighted by molar-refractivity contribution is 5.42. The number of nitrogens with zero attached hydrogens (tertiary/aromatic N) is 3. The predicted octanol–water partition coefficient (Wildman–Crippen LogP) is 0.0395. The van der Waals surface area contributed by atoms with Crippen molar-refractivity contribution in [1.82, 2.24) is 14.6 Å². The summed E-state index contributed by atoms with van der Waals surface area (Å²) in [5, 5.41) is 4.10. The average molecular weight is 172 g/mol. The van der Waals surface area contributed by atoms with Gasteiger partial charge in [0.15, 0.2) is 5.65 Å². The molecule has 2 aromatic heterocycles. The van der Waals surface area contributed by atoms with Crippen molar-refractivity contribution in [3.05, 3.63) is 30.2 Å². The molecule has 0 aromatic carbocycles. The molecule has 0 fully saturated rings. The molecule has 0 aliphatic heterocycles. The molecule has 0 spiro atoms. The van der Waals surface area contributed by atoms with E-state index >= 15 is 0 Å². The maximum atomic E-state index is 5.27. The van der Waals surface area contributed by atoms with Crippen molar-refractivity contribution in [1.29, 1.82) is 0 Å². The minimum atomic E-state index is 0.347. The topological polar surface area (TPSA) is 56.2 Å². The zero-order valence-corrected chi connectivity index (χ0v) is 6.94. The molecule has 0 atom stereocenters. The number of hydrogen-bond donors (Lipinski definition) is 1. The normalized spacial score (nSPS) is 9.62. The first-order chi connectivity index (χ1) is 6.42. The highest BCUT2D eigenvalue weighted by Gasteiger charge is 1.98. The van der Waals surface area contributed by atoms with Crippen LogP contribution in [0.1, 0.15) is 5.69 Å². The Morgan fingerprint density at radius 2 is 2.46 bits per heavy atom. The fourth-order valence-corrected chi connectivity index (χ4v) is 1.06. The van der Waals surface area contributed by atoms with Crippen molar-refractivity contribution >= 4 is 5.65 Å². The first-order valence-electron chi connectivity index (χ1n) is 3.89. The number of rotatable bonds is 0. The van der Waals surface area contributed by atoms with Gasteiger partial charge in [0.1, 0.15) is 5.69 Å². The van der Waals surface area contributed by atoms with Crippen LogP contribution in [0.5, 0.6) is 0 Å². The van der Waals surface area contributed by atoms with E-state index in [-0.39, 0.29) is 0 Å². The van der Waals surface area contributed by atoms with Crippen molar-refractivity contribution in [2.45, 2.75) is 0 Å². The molecule has 2 aromatic rings. The van der Waals surface area contributed by atoms with Gasteiger partial charge in [-0.25, -0.2) is 9.50 Å².